The van der Waals surface area contributed by atoms with Crippen LogP contribution in [0.3, 0.4) is 0 Å². The van der Waals surface area contributed by atoms with Crippen LogP contribution in [0.25, 0.3) is 0 Å². The molecule has 4 fully saturated rings. The van der Waals surface area contributed by atoms with E-state index in [4.69, 9.17) is 18.9 Å². The maximum Gasteiger partial charge on any atom is 0.128 e. The van der Waals surface area contributed by atoms with Gasteiger partial charge in [-0.2, -0.15) is 0 Å². The Kier molecular flexibility index (Phi) is 7.75. The maximum absolute atomic E-state index is 6.60. The predicted octanol–water partition coefficient (Wildman–Crippen LogP) is 8.56. The van der Waals surface area contributed by atoms with E-state index in [-0.39, 0.29) is 56.9 Å². The van der Waals surface area contributed by atoms with Gasteiger partial charge in [0, 0.05) is 22.7 Å². The van der Waals surface area contributed by atoms with Gasteiger partial charge in [-0.1, -0.05) is 83.1 Å². The molecule has 0 aromatic rings. The van der Waals surface area contributed by atoms with Crippen molar-refractivity contribution >= 4 is 0 Å². The average Bonchev–Trinajstić information content (AvgIpc) is 3.27. The van der Waals surface area contributed by atoms with Crippen molar-refractivity contribution in [2.24, 2.45) is 44.3 Å². The molecule has 0 saturated heterocycles. The fourth-order valence-electron chi connectivity index (χ4n) is 8.37. The molecule has 4 aliphatic rings. The molecule has 0 amide bonds. The second kappa shape index (κ2) is 9.82. The van der Waals surface area contributed by atoms with Gasteiger partial charge in [0.1, 0.15) is 24.4 Å². The summed E-state index contributed by atoms with van der Waals surface area (Å²) in [7, 11) is 0. The molecule has 4 saturated carbocycles. The van der Waals surface area contributed by atoms with Crippen LogP contribution in [0.4, 0.5) is 0 Å². The Morgan fingerprint density at radius 1 is 0.605 bits per heavy atom. The summed E-state index contributed by atoms with van der Waals surface area (Å²) in [4.78, 5) is 0. The highest BCUT2D eigenvalue weighted by atomic mass is 16.5. The van der Waals surface area contributed by atoms with Crippen LogP contribution in [0.1, 0.15) is 109 Å². The zero-order valence-corrected chi connectivity index (χ0v) is 26.6. The van der Waals surface area contributed by atoms with Crippen molar-refractivity contribution in [2.45, 2.75) is 133 Å². The third kappa shape index (κ3) is 5.00. The van der Waals surface area contributed by atoms with E-state index < -0.39 is 0 Å². The third-order valence-corrected chi connectivity index (χ3v) is 11.5. The van der Waals surface area contributed by atoms with Crippen molar-refractivity contribution in [2.75, 3.05) is 13.2 Å². The molecular formula is C34H58O4. The fraction of sp³-hybridized carbons (Fsp3) is 0.882. The van der Waals surface area contributed by atoms with Gasteiger partial charge in [0.2, 0.25) is 0 Å². The van der Waals surface area contributed by atoms with Gasteiger partial charge in [0.05, 0.1) is 25.7 Å². The lowest BCUT2D eigenvalue weighted by Crippen LogP contribution is -2.43. The Morgan fingerprint density at radius 2 is 0.947 bits per heavy atom. The first-order valence-electron chi connectivity index (χ1n) is 15.2. The van der Waals surface area contributed by atoms with Crippen LogP contribution >= 0.6 is 0 Å². The molecule has 218 valence electrons. The summed E-state index contributed by atoms with van der Waals surface area (Å²) < 4.78 is 26.1. The van der Waals surface area contributed by atoms with Gasteiger partial charge in [0.25, 0.3) is 0 Å². The molecule has 0 aromatic carbocycles. The molecule has 4 aliphatic carbocycles. The SMILES string of the molecule is CC(C)(C)COC1C(O/C=C/C=C/OC2C(OCC(C)(C)C)[C@]3(C)CC[C@@H]2C3(C)C)[C@@H]2CC[C@]1(C)C2(C)C. The number of hydrogen-bond donors (Lipinski definition) is 0. The van der Waals surface area contributed by atoms with E-state index in [0.717, 1.165) is 13.2 Å². The zero-order valence-electron chi connectivity index (χ0n) is 26.6. The van der Waals surface area contributed by atoms with Crippen LogP contribution < -0.4 is 0 Å². The van der Waals surface area contributed by atoms with E-state index in [1.165, 1.54) is 25.7 Å². The second-order valence-corrected chi connectivity index (χ2v) is 17.0. The number of allylic oxidation sites excluding steroid dienone is 2. The molecule has 4 heteroatoms. The molecule has 4 nitrogen and oxygen atoms in total. The lowest BCUT2D eigenvalue weighted by Gasteiger charge is -2.40. The van der Waals surface area contributed by atoms with Gasteiger partial charge in [-0.25, -0.2) is 0 Å². The molecule has 0 N–H and O–H groups in total. The summed E-state index contributed by atoms with van der Waals surface area (Å²) in [6, 6.07) is 0. The lowest BCUT2D eigenvalue weighted by atomic mass is 9.70. The predicted molar refractivity (Wildman–Crippen MR) is 156 cm³/mol. The molecule has 4 unspecified atom stereocenters. The summed E-state index contributed by atoms with van der Waals surface area (Å²) in [5.74, 6) is 1.03. The normalized spacial score (nSPS) is 41.6. The van der Waals surface area contributed by atoms with Crippen LogP contribution in [0.15, 0.2) is 24.7 Å². The Morgan fingerprint density at radius 3 is 1.26 bits per heavy atom. The highest BCUT2D eigenvalue weighted by Crippen LogP contribution is 2.68. The van der Waals surface area contributed by atoms with Gasteiger partial charge >= 0.3 is 0 Å². The van der Waals surface area contributed by atoms with Crippen LogP contribution in [0, 0.1) is 44.3 Å². The van der Waals surface area contributed by atoms with Crippen molar-refractivity contribution in [3.8, 4) is 0 Å². The average molecular weight is 531 g/mol. The molecule has 4 rings (SSSR count). The van der Waals surface area contributed by atoms with E-state index >= 15 is 0 Å². The summed E-state index contributed by atoms with van der Waals surface area (Å²) in [6.45, 7) is 29.4. The Balaban J connectivity index is 1.39. The minimum absolute atomic E-state index is 0.0955. The fourth-order valence-corrected chi connectivity index (χ4v) is 8.37. The van der Waals surface area contributed by atoms with Gasteiger partial charge in [-0.05, 0) is 59.5 Å². The topological polar surface area (TPSA) is 36.9 Å². The molecule has 0 aliphatic heterocycles. The minimum Gasteiger partial charge on any atom is -0.495 e. The molecule has 38 heavy (non-hydrogen) atoms. The molecule has 0 heterocycles. The molecule has 0 spiro atoms. The van der Waals surface area contributed by atoms with Crippen molar-refractivity contribution in [3.05, 3.63) is 24.7 Å². The second-order valence-electron chi connectivity index (χ2n) is 17.0. The van der Waals surface area contributed by atoms with Crippen molar-refractivity contribution in [1.82, 2.24) is 0 Å². The van der Waals surface area contributed by atoms with E-state index in [9.17, 15) is 0 Å². The molecule has 8 atom stereocenters. The van der Waals surface area contributed by atoms with Gasteiger partial charge in [-0.15, -0.1) is 0 Å². The first-order chi connectivity index (χ1) is 17.4. The molecule has 0 aromatic heterocycles. The lowest BCUT2D eigenvalue weighted by molar-refractivity contribution is -0.117. The van der Waals surface area contributed by atoms with Gasteiger partial charge < -0.3 is 18.9 Å². The van der Waals surface area contributed by atoms with Gasteiger partial charge in [-0.3, -0.25) is 0 Å². The van der Waals surface area contributed by atoms with Crippen LogP contribution in [0.2, 0.25) is 0 Å². The Hall–Kier alpha value is -1.00. The van der Waals surface area contributed by atoms with Crippen LogP contribution in [0.5, 0.6) is 0 Å². The smallest absolute Gasteiger partial charge is 0.128 e. The van der Waals surface area contributed by atoms with E-state index in [0.29, 0.717) is 11.8 Å². The largest absolute Gasteiger partial charge is 0.495 e. The first kappa shape index (κ1) is 30.0. The van der Waals surface area contributed by atoms with E-state index in [2.05, 4.69) is 83.1 Å². The van der Waals surface area contributed by atoms with Crippen LogP contribution in [-0.4, -0.2) is 37.6 Å². The monoisotopic (exact) mass is 530 g/mol. The summed E-state index contributed by atoms with van der Waals surface area (Å²) in [5, 5.41) is 0. The standard InChI is InChI=1S/C34H58O4/c1-29(2,3)21-37-27-25(23-15-17-33(27,11)31(23,7)8)35-19-13-14-20-36-26-24-16-18-34(12,32(24,9)10)28(26)38-22-30(4,5)6/h13-14,19-20,23-28H,15-18,21-22H2,1-12H3/b19-13+,20-14+/t23-,24-,25?,26?,27?,28?,33-,34-/m0/s1. The molecule has 0 radical (unpaired) electrons. The first-order valence-corrected chi connectivity index (χ1v) is 15.2. The molecule has 4 bridgehead atoms. The van der Waals surface area contributed by atoms with E-state index in [1.807, 2.05) is 24.7 Å². The third-order valence-electron chi connectivity index (χ3n) is 11.5. The summed E-state index contributed by atoms with van der Waals surface area (Å²) in [6.07, 6.45) is 13.0. The molecular weight excluding hydrogens is 472 g/mol. The highest BCUT2D eigenvalue weighted by Gasteiger charge is 2.69. The van der Waals surface area contributed by atoms with Crippen molar-refractivity contribution in [1.29, 1.82) is 0 Å². The number of hydrogen-bond acceptors (Lipinski definition) is 4. The highest BCUT2D eigenvalue weighted by molar-refractivity contribution is 5.18. The number of ether oxygens (including phenoxy) is 4. The maximum atomic E-state index is 6.60. The minimum atomic E-state index is 0.0955. The number of rotatable bonds is 9. The van der Waals surface area contributed by atoms with Crippen molar-refractivity contribution in [3.63, 3.8) is 0 Å². The van der Waals surface area contributed by atoms with E-state index in [1.54, 1.807) is 0 Å². The Labute approximate surface area is 234 Å². The zero-order chi connectivity index (χ0) is 28.4. The Bertz CT molecular complexity index is 828. The quantitative estimate of drug-likeness (QED) is 0.221. The van der Waals surface area contributed by atoms with Gasteiger partial charge in [0.15, 0.2) is 0 Å². The summed E-state index contributed by atoms with van der Waals surface area (Å²) >= 11 is 0. The van der Waals surface area contributed by atoms with Crippen LogP contribution in [-0.2, 0) is 18.9 Å². The number of fused-ring (bicyclic) bond motifs is 4. The van der Waals surface area contributed by atoms with Crippen molar-refractivity contribution < 1.29 is 18.9 Å². The summed E-state index contributed by atoms with van der Waals surface area (Å²) in [5.41, 5.74) is 0.991.